The van der Waals surface area contributed by atoms with Crippen molar-refractivity contribution in [3.8, 4) is 5.75 Å². The Morgan fingerprint density at radius 2 is 2.33 bits per heavy atom. The minimum Gasteiger partial charge on any atom is -0.496 e. The Hall–Kier alpha value is -1.73. The zero-order valence-corrected chi connectivity index (χ0v) is 13.1. The van der Waals surface area contributed by atoms with Crippen LogP contribution in [0.4, 0.5) is 0 Å². The molecule has 0 aliphatic carbocycles. The third kappa shape index (κ3) is 2.98. The second kappa shape index (κ2) is 5.95. The molecular weight excluding hydrogens is 336 g/mol. The molecule has 2 aromatic rings. The molecule has 7 heteroatoms. The van der Waals surface area contributed by atoms with E-state index < -0.39 is 0 Å². The first kappa shape index (κ1) is 14.2. The summed E-state index contributed by atoms with van der Waals surface area (Å²) in [5.41, 5.74) is 1.22. The van der Waals surface area contributed by atoms with Crippen molar-refractivity contribution < 1.29 is 9.53 Å². The van der Waals surface area contributed by atoms with Gasteiger partial charge in [0, 0.05) is 29.5 Å². The molecule has 3 rings (SSSR count). The maximum Gasteiger partial charge on any atom is 0.189 e. The van der Waals surface area contributed by atoms with E-state index in [9.17, 15) is 4.79 Å². The van der Waals surface area contributed by atoms with Gasteiger partial charge in [-0.2, -0.15) is 0 Å². The van der Waals surface area contributed by atoms with Crippen molar-refractivity contribution in [2.75, 3.05) is 20.2 Å². The number of rotatable bonds is 5. The van der Waals surface area contributed by atoms with Gasteiger partial charge in [-0.3, -0.25) is 4.79 Å². The van der Waals surface area contributed by atoms with E-state index in [0.717, 1.165) is 23.1 Å². The number of ether oxygens (including phenoxy) is 1. The van der Waals surface area contributed by atoms with Gasteiger partial charge in [-0.25, -0.2) is 4.68 Å². The van der Waals surface area contributed by atoms with E-state index in [-0.39, 0.29) is 12.2 Å². The Balaban J connectivity index is 1.76. The number of methoxy groups -OCH3 is 1. The monoisotopic (exact) mass is 350 g/mol. The van der Waals surface area contributed by atoms with Crippen LogP contribution in [0, 0.1) is 0 Å². The van der Waals surface area contributed by atoms with E-state index in [1.807, 2.05) is 18.2 Å². The minimum absolute atomic E-state index is 0.0649. The van der Waals surface area contributed by atoms with Crippen molar-refractivity contribution in [1.82, 2.24) is 20.3 Å². The molecule has 110 valence electrons. The van der Waals surface area contributed by atoms with E-state index in [2.05, 4.69) is 31.6 Å². The van der Waals surface area contributed by atoms with Crippen molar-refractivity contribution in [3.05, 3.63) is 40.1 Å². The number of nitrogens with one attached hydrogen (secondary N) is 1. The van der Waals surface area contributed by atoms with Gasteiger partial charge in [0.1, 0.15) is 11.4 Å². The van der Waals surface area contributed by atoms with Crippen LogP contribution in [0.1, 0.15) is 22.1 Å². The molecule has 1 fully saturated rings. The summed E-state index contributed by atoms with van der Waals surface area (Å²) in [7, 11) is 1.59. The smallest absolute Gasteiger partial charge is 0.189 e. The Morgan fingerprint density at radius 3 is 3.00 bits per heavy atom. The highest BCUT2D eigenvalue weighted by molar-refractivity contribution is 9.10. The molecular formula is C14H15BrN4O2. The van der Waals surface area contributed by atoms with Gasteiger partial charge in [0.25, 0.3) is 0 Å². The molecule has 0 unspecified atom stereocenters. The lowest BCUT2D eigenvalue weighted by atomic mass is 10.1. The van der Waals surface area contributed by atoms with Gasteiger partial charge in [0.05, 0.1) is 19.3 Å². The number of hydrogen-bond acceptors (Lipinski definition) is 5. The fourth-order valence-electron chi connectivity index (χ4n) is 2.19. The van der Waals surface area contributed by atoms with E-state index >= 15 is 0 Å². The van der Waals surface area contributed by atoms with Crippen LogP contribution < -0.4 is 10.1 Å². The fourth-order valence-corrected chi connectivity index (χ4v) is 2.60. The number of benzene rings is 1. The Labute approximate surface area is 130 Å². The molecule has 0 spiro atoms. The Bertz CT molecular complexity index is 667. The maximum atomic E-state index is 12.3. The SMILES string of the molecule is COc1ccc(Br)cc1CC(=O)c1cn(C2CNC2)nn1. The van der Waals surface area contributed by atoms with Crippen LogP contribution in [0.2, 0.25) is 0 Å². The van der Waals surface area contributed by atoms with Gasteiger partial charge in [-0.15, -0.1) is 5.10 Å². The average molecular weight is 351 g/mol. The minimum atomic E-state index is -0.0649. The van der Waals surface area contributed by atoms with Gasteiger partial charge in [0.2, 0.25) is 0 Å². The zero-order chi connectivity index (χ0) is 14.8. The molecule has 21 heavy (non-hydrogen) atoms. The Kier molecular flexibility index (Phi) is 4.03. The number of aromatic nitrogens is 3. The second-order valence-electron chi connectivity index (χ2n) is 4.95. The second-order valence-corrected chi connectivity index (χ2v) is 5.87. The van der Waals surface area contributed by atoms with Gasteiger partial charge >= 0.3 is 0 Å². The molecule has 1 saturated heterocycles. The van der Waals surface area contributed by atoms with Crippen molar-refractivity contribution >= 4 is 21.7 Å². The highest BCUT2D eigenvalue weighted by atomic mass is 79.9. The van der Waals surface area contributed by atoms with Crippen molar-refractivity contribution in [2.45, 2.75) is 12.5 Å². The number of hydrogen-bond donors (Lipinski definition) is 1. The summed E-state index contributed by atoms with van der Waals surface area (Å²) in [5, 5.41) is 11.2. The Morgan fingerprint density at radius 1 is 1.52 bits per heavy atom. The van der Waals surface area contributed by atoms with Crippen LogP contribution in [-0.2, 0) is 6.42 Å². The predicted molar refractivity (Wildman–Crippen MR) is 80.7 cm³/mol. The number of carbonyl (C=O) groups is 1. The van der Waals surface area contributed by atoms with E-state index in [4.69, 9.17) is 4.74 Å². The van der Waals surface area contributed by atoms with E-state index in [1.165, 1.54) is 0 Å². The first-order valence-electron chi connectivity index (χ1n) is 6.65. The zero-order valence-electron chi connectivity index (χ0n) is 11.5. The summed E-state index contributed by atoms with van der Waals surface area (Å²) in [6, 6.07) is 5.91. The van der Waals surface area contributed by atoms with E-state index in [1.54, 1.807) is 18.0 Å². The lowest BCUT2D eigenvalue weighted by Crippen LogP contribution is -2.43. The molecule has 0 radical (unpaired) electrons. The molecule has 6 nitrogen and oxygen atoms in total. The van der Waals surface area contributed by atoms with Crippen LogP contribution in [0.5, 0.6) is 5.75 Å². The molecule has 1 aromatic carbocycles. The molecule has 0 bridgehead atoms. The normalized spacial score (nSPS) is 14.8. The summed E-state index contributed by atoms with van der Waals surface area (Å²) in [5.74, 6) is 0.632. The number of carbonyl (C=O) groups excluding carboxylic acids is 1. The summed E-state index contributed by atoms with van der Waals surface area (Å²) in [4.78, 5) is 12.3. The first-order chi connectivity index (χ1) is 10.2. The molecule has 0 atom stereocenters. The number of Topliss-reactive ketones (excluding diaryl/α,β-unsaturated/α-hetero) is 1. The molecule has 0 amide bonds. The van der Waals surface area contributed by atoms with Gasteiger partial charge in [-0.05, 0) is 18.2 Å². The van der Waals surface area contributed by atoms with Gasteiger partial charge in [0.15, 0.2) is 5.78 Å². The van der Waals surface area contributed by atoms with Crippen LogP contribution in [-0.4, -0.2) is 41.0 Å². The summed E-state index contributed by atoms with van der Waals surface area (Å²) in [6.07, 6.45) is 1.96. The third-order valence-corrected chi connectivity index (χ3v) is 4.02. The quantitative estimate of drug-likeness (QED) is 0.829. The van der Waals surface area contributed by atoms with Crippen LogP contribution >= 0.6 is 15.9 Å². The lowest BCUT2D eigenvalue weighted by Gasteiger charge is -2.26. The molecule has 1 N–H and O–H groups in total. The predicted octanol–water partition coefficient (Wildman–Crippen LogP) is 1.62. The lowest BCUT2D eigenvalue weighted by molar-refractivity contribution is 0.0987. The molecule has 1 aliphatic heterocycles. The van der Waals surface area contributed by atoms with Crippen molar-refractivity contribution in [2.24, 2.45) is 0 Å². The third-order valence-electron chi connectivity index (χ3n) is 3.52. The largest absolute Gasteiger partial charge is 0.496 e. The van der Waals surface area contributed by atoms with Gasteiger partial charge in [-0.1, -0.05) is 21.1 Å². The molecule has 2 heterocycles. The van der Waals surface area contributed by atoms with Crippen LogP contribution in [0.3, 0.4) is 0 Å². The maximum absolute atomic E-state index is 12.3. The topological polar surface area (TPSA) is 69.0 Å². The average Bonchev–Trinajstić information content (AvgIpc) is 2.86. The summed E-state index contributed by atoms with van der Waals surface area (Å²) >= 11 is 3.41. The summed E-state index contributed by atoms with van der Waals surface area (Å²) < 4.78 is 7.95. The number of ketones is 1. The summed E-state index contributed by atoms with van der Waals surface area (Å²) in [6.45, 7) is 1.74. The standard InChI is InChI=1S/C14H15BrN4O2/c1-21-14-3-2-10(15)4-9(14)5-13(20)12-8-19(18-17-12)11-6-16-7-11/h2-4,8,11,16H,5-7H2,1H3. The highest BCUT2D eigenvalue weighted by Crippen LogP contribution is 2.24. The highest BCUT2D eigenvalue weighted by Gasteiger charge is 2.22. The molecule has 1 aliphatic rings. The van der Waals surface area contributed by atoms with Crippen molar-refractivity contribution in [3.63, 3.8) is 0 Å². The number of nitrogens with zero attached hydrogens (tertiary/aromatic N) is 3. The molecule has 0 saturated carbocycles. The number of halogens is 1. The van der Waals surface area contributed by atoms with Crippen LogP contribution in [0.15, 0.2) is 28.9 Å². The van der Waals surface area contributed by atoms with Crippen molar-refractivity contribution in [1.29, 1.82) is 0 Å². The van der Waals surface area contributed by atoms with E-state index in [0.29, 0.717) is 17.5 Å². The van der Waals surface area contributed by atoms with Gasteiger partial charge < -0.3 is 10.1 Å². The fraction of sp³-hybridized carbons (Fsp3) is 0.357. The van der Waals surface area contributed by atoms with Crippen LogP contribution in [0.25, 0.3) is 0 Å². The molecule has 1 aromatic heterocycles. The first-order valence-corrected chi connectivity index (χ1v) is 7.45.